The molecule has 0 unspecified atom stereocenters. The number of anilines is 1. The van der Waals surface area contributed by atoms with Crippen molar-refractivity contribution in [3.63, 3.8) is 0 Å². The summed E-state index contributed by atoms with van der Waals surface area (Å²) in [6.45, 7) is 2.11. The van der Waals surface area contributed by atoms with Crippen molar-refractivity contribution in [1.29, 1.82) is 0 Å². The lowest BCUT2D eigenvalue weighted by Crippen LogP contribution is -1.97. The molecule has 0 aliphatic rings. The van der Waals surface area contributed by atoms with Crippen LogP contribution in [-0.4, -0.2) is 20.2 Å². The van der Waals surface area contributed by atoms with Gasteiger partial charge in [-0.3, -0.25) is 5.10 Å². The summed E-state index contributed by atoms with van der Waals surface area (Å²) in [5.41, 5.74) is 8.95. The molecule has 3 rings (SSSR count). The third-order valence-corrected chi connectivity index (χ3v) is 3.96. The molecular weight excluding hydrogens is 258 g/mol. The summed E-state index contributed by atoms with van der Waals surface area (Å²) in [6.07, 6.45) is 1.73. The SMILES string of the molecule is Cc1ccccc1CSc1nc(N)nc2[nH]ncc12. The Kier molecular flexibility index (Phi) is 3.08. The van der Waals surface area contributed by atoms with Crippen molar-refractivity contribution in [2.45, 2.75) is 17.7 Å². The van der Waals surface area contributed by atoms with Crippen LogP contribution >= 0.6 is 11.8 Å². The van der Waals surface area contributed by atoms with Crippen LogP contribution in [-0.2, 0) is 5.75 Å². The van der Waals surface area contributed by atoms with Gasteiger partial charge in [0, 0.05) is 5.75 Å². The number of thioether (sulfide) groups is 1. The van der Waals surface area contributed by atoms with Crippen LogP contribution in [0.5, 0.6) is 0 Å². The first-order valence-corrected chi connectivity index (χ1v) is 6.86. The Labute approximate surface area is 114 Å². The second kappa shape index (κ2) is 4.89. The number of aromatic amines is 1. The van der Waals surface area contributed by atoms with Gasteiger partial charge in [-0.25, -0.2) is 4.98 Å². The molecule has 0 radical (unpaired) electrons. The number of H-pyrrole nitrogens is 1. The molecule has 0 fully saturated rings. The van der Waals surface area contributed by atoms with Crippen molar-refractivity contribution in [2.75, 3.05) is 5.73 Å². The summed E-state index contributed by atoms with van der Waals surface area (Å²) < 4.78 is 0. The topological polar surface area (TPSA) is 80.5 Å². The molecule has 2 aromatic heterocycles. The van der Waals surface area contributed by atoms with Gasteiger partial charge in [0.1, 0.15) is 5.03 Å². The van der Waals surface area contributed by atoms with Crippen molar-refractivity contribution in [1.82, 2.24) is 20.2 Å². The van der Waals surface area contributed by atoms with Gasteiger partial charge < -0.3 is 5.73 Å². The van der Waals surface area contributed by atoms with E-state index < -0.39 is 0 Å². The molecule has 0 amide bonds. The van der Waals surface area contributed by atoms with Crippen molar-refractivity contribution in [3.05, 3.63) is 41.6 Å². The normalized spacial score (nSPS) is 11.0. The molecule has 1 aromatic carbocycles. The number of aryl methyl sites for hydroxylation is 1. The Hall–Kier alpha value is -2.08. The number of nitrogen functional groups attached to an aromatic ring is 1. The highest BCUT2D eigenvalue weighted by molar-refractivity contribution is 7.98. The standard InChI is InChI=1S/C13H13N5S/c1-8-4-2-3-5-9(8)7-19-12-10-6-15-18-11(10)16-13(14)17-12/h2-6H,7H2,1H3,(H3,14,15,16,17,18). The number of nitrogens with two attached hydrogens (primary N) is 1. The molecule has 3 aromatic rings. The Morgan fingerprint density at radius 1 is 1.26 bits per heavy atom. The lowest BCUT2D eigenvalue weighted by atomic mass is 10.1. The lowest BCUT2D eigenvalue weighted by Gasteiger charge is -2.05. The summed E-state index contributed by atoms with van der Waals surface area (Å²) in [5.74, 6) is 1.12. The first-order valence-electron chi connectivity index (χ1n) is 5.88. The van der Waals surface area contributed by atoms with E-state index in [2.05, 4.69) is 39.2 Å². The molecule has 0 saturated heterocycles. The van der Waals surface area contributed by atoms with Crippen molar-refractivity contribution < 1.29 is 0 Å². The molecule has 0 saturated carbocycles. The second-order valence-corrected chi connectivity index (χ2v) is 5.20. The van der Waals surface area contributed by atoms with Crippen molar-refractivity contribution >= 4 is 28.7 Å². The number of aromatic nitrogens is 4. The van der Waals surface area contributed by atoms with Gasteiger partial charge in [-0.1, -0.05) is 24.3 Å². The molecular formula is C13H13N5S. The predicted octanol–water partition coefficient (Wildman–Crippen LogP) is 2.54. The second-order valence-electron chi connectivity index (χ2n) is 4.23. The monoisotopic (exact) mass is 271 g/mol. The third kappa shape index (κ3) is 2.39. The maximum atomic E-state index is 5.70. The van der Waals surface area contributed by atoms with Crippen LogP contribution in [0.3, 0.4) is 0 Å². The maximum absolute atomic E-state index is 5.70. The first kappa shape index (κ1) is 12.0. The molecule has 0 atom stereocenters. The summed E-state index contributed by atoms with van der Waals surface area (Å²) in [5, 5.41) is 8.57. The van der Waals surface area contributed by atoms with E-state index in [-0.39, 0.29) is 5.95 Å². The van der Waals surface area contributed by atoms with Crippen LogP contribution in [0.25, 0.3) is 11.0 Å². The third-order valence-electron chi connectivity index (χ3n) is 2.92. The zero-order valence-electron chi connectivity index (χ0n) is 10.4. The zero-order chi connectivity index (χ0) is 13.2. The molecule has 6 heteroatoms. The molecule has 0 spiro atoms. The fourth-order valence-corrected chi connectivity index (χ4v) is 2.93. The number of nitrogens with zero attached hydrogens (tertiary/aromatic N) is 3. The minimum atomic E-state index is 0.268. The number of nitrogens with one attached hydrogen (secondary N) is 1. The number of hydrogen-bond acceptors (Lipinski definition) is 5. The van der Waals surface area contributed by atoms with Crippen LogP contribution in [0.2, 0.25) is 0 Å². The first-order chi connectivity index (χ1) is 9.24. The highest BCUT2D eigenvalue weighted by Gasteiger charge is 2.09. The van der Waals surface area contributed by atoms with E-state index in [1.807, 2.05) is 12.1 Å². The van der Waals surface area contributed by atoms with Crippen LogP contribution in [0.15, 0.2) is 35.5 Å². The molecule has 96 valence electrons. The van der Waals surface area contributed by atoms with Gasteiger partial charge in [-0.15, -0.1) is 11.8 Å². The van der Waals surface area contributed by atoms with Gasteiger partial charge in [0.2, 0.25) is 5.95 Å². The Morgan fingerprint density at radius 3 is 2.95 bits per heavy atom. The molecule has 0 aliphatic carbocycles. The van der Waals surface area contributed by atoms with E-state index in [0.717, 1.165) is 16.2 Å². The number of benzene rings is 1. The largest absolute Gasteiger partial charge is 0.368 e. The van der Waals surface area contributed by atoms with Gasteiger partial charge in [-0.2, -0.15) is 10.1 Å². The summed E-state index contributed by atoms with van der Waals surface area (Å²) in [6, 6.07) is 8.32. The molecule has 2 heterocycles. The van der Waals surface area contributed by atoms with Gasteiger partial charge in [-0.05, 0) is 18.1 Å². The smallest absolute Gasteiger partial charge is 0.223 e. The average Bonchev–Trinajstić information content (AvgIpc) is 2.85. The number of fused-ring (bicyclic) bond motifs is 1. The molecule has 0 aliphatic heterocycles. The lowest BCUT2D eigenvalue weighted by molar-refractivity contribution is 1.08. The number of hydrogen-bond donors (Lipinski definition) is 2. The van der Waals surface area contributed by atoms with E-state index >= 15 is 0 Å². The Balaban J connectivity index is 1.90. The predicted molar refractivity (Wildman–Crippen MR) is 76.8 cm³/mol. The van der Waals surface area contributed by atoms with E-state index in [1.165, 1.54) is 11.1 Å². The van der Waals surface area contributed by atoms with E-state index in [1.54, 1.807) is 18.0 Å². The van der Waals surface area contributed by atoms with Gasteiger partial charge in [0.15, 0.2) is 5.65 Å². The van der Waals surface area contributed by atoms with Gasteiger partial charge in [0.25, 0.3) is 0 Å². The average molecular weight is 271 g/mol. The van der Waals surface area contributed by atoms with Crippen LogP contribution in [0.1, 0.15) is 11.1 Å². The van der Waals surface area contributed by atoms with E-state index in [0.29, 0.717) is 5.65 Å². The fourth-order valence-electron chi connectivity index (χ4n) is 1.85. The van der Waals surface area contributed by atoms with Crippen molar-refractivity contribution in [2.24, 2.45) is 0 Å². The summed E-state index contributed by atoms with van der Waals surface area (Å²) in [4.78, 5) is 8.39. The summed E-state index contributed by atoms with van der Waals surface area (Å²) in [7, 11) is 0. The van der Waals surface area contributed by atoms with Gasteiger partial charge >= 0.3 is 0 Å². The van der Waals surface area contributed by atoms with Crippen LogP contribution < -0.4 is 5.73 Å². The molecule has 19 heavy (non-hydrogen) atoms. The van der Waals surface area contributed by atoms with Gasteiger partial charge in [0.05, 0.1) is 11.6 Å². The molecule has 5 nitrogen and oxygen atoms in total. The highest BCUT2D eigenvalue weighted by atomic mass is 32.2. The Bertz CT molecular complexity index is 722. The van der Waals surface area contributed by atoms with E-state index in [4.69, 9.17) is 5.73 Å². The molecule has 3 N–H and O–H groups in total. The summed E-state index contributed by atoms with van der Waals surface area (Å²) >= 11 is 1.64. The Morgan fingerprint density at radius 2 is 2.11 bits per heavy atom. The number of rotatable bonds is 3. The fraction of sp³-hybridized carbons (Fsp3) is 0.154. The minimum Gasteiger partial charge on any atom is -0.368 e. The van der Waals surface area contributed by atoms with Crippen molar-refractivity contribution in [3.8, 4) is 0 Å². The quantitative estimate of drug-likeness (QED) is 0.565. The van der Waals surface area contributed by atoms with Crippen LogP contribution in [0, 0.1) is 6.92 Å². The maximum Gasteiger partial charge on any atom is 0.223 e. The van der Waals surface area contributed by atoms with Crippen LogP contribution in [0.4, 0.5) is 5.95 Å². The minimum absolute atomic E-state index is 0.268. The van der Waals surface area contributed by atoms with E-state index in [9.17, 15) is 0 Å². The highest BCUT2D eigenvalue weighted by Crippen LogP contribution is 2.28. The molecule has 0 bridgehead atoms. The zero-order valence-corrected chi connectivity index (χ0v) is 11.2.